The Bertz CT molecular complexity index is 1620. The molecule has 2 aromatic carbocycles. The van der Waals surface area contributed by atoms with E-state index in [0.717, 1.165) is 47.0 Å². The zero-order valence-electron chi connectivity index (χ0n) is 38.2. The molecule has 3 heterocycles. The number of benzene rings is 2. The van der Waals surface area contributed by atoms with Gasteiger partial charge in [-0.2, -0.15) is 0 Å². The minimum Gasteiger partial charge on any atom is -0.497 e. The molecule has 342 valence electrons. The van der Waals surface area contributed by atoms with Gasteiger partial charge in [-0.15, -0.1) is 18.2 Å². The summed E-state index contributed by atoms with van der Waals surface area (Å²) >= 11 is 7.18. The van der Waals surface area contributed by atoms with Crippen LogP contribution in [0.3, 0.4) is 0 Å². The van der Waals surface area contributed by atoms with E-state index in [1.807, 2.05) is 55.5 Å². The van der Waals surface area contributed by atoms with E-state index in [2.05, 4.69) is 46.4 Å². The zero-order chi connectivity index (χ0) is 44.0. The largest absolute Gasteiger partial charge is 0.497 e. The third-order valence-corrected chi connectivity index (χ3v) is 18.7. The van der Waals surface area contributed by atoms with E-state index < -0.39 is 43.6 Å². The van der Waals surface area contributed by atoms with Crippen molar-refractivity contribution >= 4 is 19.9 Å². The number of ether oxygens (including phenoxy) is 8. The van der Waals surface area contributed by atoms with Gasteiger partial charge in [0, 0.05) is 46.0 Å². The fourth-order valence-corrected chi connectivity index (χ4v) is 12.6. The molecule has 3 aliphatic heterocycles. The highest BCUT2D eigenvalue weighted by molar-refractivity contribution is 6.73. The summed E-state index contributed by atoms with van der Waals surface area (Å²) in [6, 6.07) is 21.1. The van der Waals surface area contributed by atoms with Crippen molar-refractivity contribution in [1.82, 2.24) is 0 Å². The van der Waals surface area contributed by atoms with Crippen LogP contribution in [0.5, 0.6) is 5.75 Å². The van der Waals surface area contributed by atoms with Crippen LogP contribution in [0.2, 0.25) is 18.1 Å². The van der Waals surface area contributed by atoms with Crippen molar-refractivity contribution in [2.24, 2.45) is 5.92 Å². The second-order valence-corrected chi connectivity index (χ2v) is 22.6. The van der Waals surface area contributed by atoms with Gasteiger partial charge >= 0.3 is 0 Å². The first kappa shape index (κ1) is 49.9. The maximum Gasteiger partial charge on any atom is 0.192 e. The van der Waals surface area contributed by atoms with Gasteiger partial charge in [0.2, 0.25) is 0 Å². The number of allylic oxidation sites excluding steroid dienone is 1. The smallest absolute Gasteiger partial charge is 0.192 e. The van der Waals surface area contributed by atoms with Gasteiger partial charge in [0.05, 0.1) is 56.2 Å². The Kier molecular flexibility index (Phi) is 19.4. The zero-order valence-corrected chi connectivity index (χ0v) is 39.9. The number of aliphatic hydroxyl groups excluding tert-OH is 1. The van der Waals surface area contributed by atoms with Gasteiger partial charge in [-0.1, -0.05) is 87.9 Å². The van der Waals surface area contributed by atoms with Crippen LogP contribution in [0.25, 0.3) is 0 Å². The van der Waals surface area contributed by atoms with Crippen LogP contribution >= 0.6 is 11.6 Å². The second-order valence-electron chi connectivity index (χ2n) is 17.4. The topological polar surface area (TPSA) is 103 Å². The van der Waals surface area contributed by atoms with Crippen LogP contribution in [0.1, 0.15) is 97.1 Å². The third-order valence-electron chi connectivity index (χ3n) is 13.5. The Balaban J connectivity index is 1.29. The normalized spacial score (nSPS) is 29.8. The first-order valence-electron chi connectivity index (χ1n) is 22.7. The molecule has 0 bridgehead atoms. The maximum absolute atomic E-state index is 11.6. The summed E-state index contributed by atoms with van der Waals surface area (Å²) < 4.78 is 58.4. The first-order valence-corrected chi connectivity index (χ1v) is 25.6. The summed E-state index contributed by atoms with van der Waals surface area (Å²) in [5.41, 5.74) is 3.10. The number of hydrogen-bond acceptors (Lipinski definition) is 10. The number of hydrogen-bond donors (Lipinski definition) is 1. The SMILES string of the molecule is C=CC[C@H](OC)[C@H](OCc1ccc(OC)cc1)[C@@H](O)/C=C(\C)CC[C@H]1O[C@@]2(CC[C@H](C)[C@]3(C[C@H](O[Si](CC)(CC)CC)[C@H](CCOCc4ccccc4)O3)O2)C[C@@H](OC)[C@@H]1Cl. The Morgan fingerprint density at radius 2 is 1.64 bits per heavy atom. The summed E-state index contributed by atoms with van der Waals surface area (Å²) in [6.07, 6.45) is 5.98. The van der Waals surface area contributed by atoms with Crippen molar-refractivity contribution in [1.29, 1.82) is 0 Å². The maximum atomic E-state index is 11.6. The summed E-state index contributed by atoms with van der Waals surface area (Å²) in [4.78, 5) is 0. The summed E-state index contributed by atoms with van der Waals surface area (Å²) in [5, 5.41) is 11.2. The molecule has 3 fully saturated rings. The lowest BCUT2D eigenvalue weighted by Gasteiger charge is -2.54. The molecule has 3 aliphatic rings. The average Bonchev–Trinajstić information content (AvgIpc) is 3.62. The van der Waals surface area contributed by atoms with Crippen LogP contribution in [0.4, 0.5) is 0 Å². The molecule has 10 nitrogen and oxygen atoms in total. The van der Waals surface area contributed by atoms with Crippen molar-refractivity contribution < 1.29 is 47.4 Å². The molecule has 1 N–H and O–H groups in total. The van der Waals surface area contributed by atoms with Crippen molar-refractivity contribution in [3.63, 3.8) is 0 Å². The van der Waals surface area contributed by atoms with Gasteiger partial charge < -0.3 is 47.4 Å². The number of aliphatic hydroxyl groups is 1. The molecule has 0 unspecified atom stereocenters. The van der Waals surface area contributed by atoms with Crippen LogP contribution < -0.4 is 4.74 Å². The number of alkyl halides is 1. The van der Waals surface area contributed by atoms with Gasteiger partial charge in [0.15, 0.2) is 19.9 Å². The summed E-state index contributed by atoms with van der Waals surface area (Å²) in [7, 11) is 3.00. The minimum absolute atomic E-state index is 0.102. The molecule has 11 atom stereocenters. The van der Waals surface area contributed by atoms with Gasteiger partial charge in [-0.25, -0.2) is 0 Å². The van der Waals surface area contributed by atoms with Crippen molar-refractivity contribution in [2.75, 3.05) is 27.9 Å². The summed E-state index contributed by atoms with van der Waals surface area (Å²) in [6.45, 7) is 16.4. The molecule has 2 aromatic rings. The van der Waals surface area contributed by atoms with E-state index in [4.69, 9.17) is 53.9 Å². The van der Waals surface area contributed by atoms with E-state index in [1.54, 1.807) is 27.4 Å². The van der Waals surface area contributed by atoms with E-state index in [9.17, 15) is 5.11 Å². The molecule has 0 amide bonds. The number of methoxy groups -OCH3 is 3. The predicted octanol–water partition coefficient (Wildman–Crippen LogP) is 10.3. The van der Waals surface area contributed by atoms with Crippen molar-refractivity contribution in [3.05, 3.63) is 90.0 Å². The Labute approximate surface area is 372 Å². The molecule has 5 rings (SSSR count). The first-order chi connectivity index (χ1) is 29.4. The molecular weight excluding hydrogens is 812 g/mol. The average molecular weight is 888 g/mol. The standard InChI is InChI=1S/C49H75ClO10Si/c1-10-17-43(53-8)47(56-34-38-21-23-39(52-7)24-22-38)40(51)30-35(5)20-25-42-46(50)45(54-9)31-48(57-42)28-26-36(6)49(60-48)32-44(59-61(11-2,12-3)13-4)41(58-49)27-29-55-33-37-18-15-14-16-19-37/h10,14-16,18-19,21-24,30,36,40-47,51H,1,11-13,17,20,25-29,31-34H2,2-9H3/b35-30+/t36-,40-,41-,42+,43-,44-,45+,46+,47+,48+,49-/m0/s1. The molecule has 2 spiro atoms. The van der Waals surface area contributed by atoms with Gasteiger partial charge in [0.1, 0.15) is 18.0 Å². The lowest BCUT2D eigenvalue weighted by Crippen LogP contribution is -2.61. The van der Waals surface area contributed by atoms with E-state index in [1.165, 1.54) is 0 Å². The molecule has 0 radical (unpaired) electrons. The molecule has 0 aliphatic carbocycles. The monoisotopic (exact) mass is 886 g/mol. The fraction of sp³-hybridized carbons (Fsp3) is 0.673. The molecule has 3 saturated heterocycles. The quantitative estimate of drug-likeness (QED) is 0.0474. The highest BCUT2D eigenvalue weighted by atomic mass is 35.5. The van der Waals surface area contributed by atoms with Crippen molar-refractivity contribution in [3.8, 4) is 5.75 Å². The Hall–Kier alpha value is -2.13. The van der Waals surface area contributed by atoms with E-state index in [-0.39, 0.29) is 30.3 Å². The predicted molar refractivity (Wildman–Crippen MR) is 243 cm³/mol. The van der Waals surface area contributed by atoms with E-state index in [0.29, 0.717) is 64.8 Å². The van der Waals surface area contributed by atoms with Crippen LogP contribution in [-0.4, -0.2) is 101 Å². The molecule has 0 saturated carbocycles. The van der Waals surface area contributed by atoms with Crippen molar-refractivity contribution in [2.45, 2.75) is 177 Å². The molecular formula is C49H75ClO10Si. The van der Waals surface area contributed by atoms with Crippen LogP contribution in [0, 0.1) is 5.92 Å². The fourth-order valence-electron chi connectivity index (χ4n) is 9.36. The number of halogens is 1. The number of rotatable bonds is 24. The van der Waals surface area contributed by atoms with Crippen LogP contribution in [-0.2, 0) is 50.8 Å². The van der Waals surface area contributed by atoms with E-state index >= 15 is 0 Å². The molecule has 61 heavy (non-hydrogen) atoms. The highest BCUT2D eigenvalue weighted by Crippen LogP contribution is 2.53. The van der Waals surface area contributed by atoms with Crippen LogP contribution in [0.15, 0.2) is 78.9 Å². The Morgan fingerprint density at radius 1 is 0.934 bits per heavy atom. The minimum atomic E-state index is -1.98. The summed E-state index contributed by atoms with van der Waals surface area (Å²) in [5.74, 6) is -0.920. The van der Waals surface area contributed by atoms with Gasteiger partial charge in [0.25, 0.3) is 0 Å². The molecule has 12 heteroatoms. The Morgan fingerprint density at radius 3 is 2.28 bits per heavy atom. The third kappa shape index (κ3) is 13.0. The van der Waals surface area contributed by atoms with Gasteiger partial charge in [-0.05, 0) is 80.4 Å². The van der Waals surface area contributed by atoms with Gasteiger partial charge in [-0.3, -0.25) is 0 Å². The second kappa shape index (κ2) is 23.7. The lowest BCUT2D eigenvalue weighted by molar-refractivity contribution is -0.413. The highest BCUT2D eigenvalue weighted by Gasteiger charge is 2.61. The lowest BCUT2D eigenvalue weighted by atomic mass is 9.82. The molecule has 0 aromatic heterocycles.